The smallest absolute Gasteiger partial charge is 0.262 e. The third kappa shape index (κ3) is 2.80. The fourth-order valence-corrected chi connectivity index (χ4v) is 0.985. The predicted octanol–water partition coefficient (Wildman–Crippen LogP) is 0.848. The average molecular weight is 156 g/mol. The molecule has 2 unspecified atom stereocenters. The number of amides is 1. The molecule has 0 aromatic rings. The van der Waals surface area contributed by atoms with Crippen LogP contribution in [-0.2, 0) is 4.79 Å². The summed E-state index contributed by atoms with van der Waals surface area (Å²) in [4.78, 5) is 14.4. The number of rotatable bonds is 4. The molecule has 0 aliphatic rings. The number of carbonyl (C=O) groups excluding carboxylic acids is 1. The second-order valence-corrected chi connectivity index (χ2v) is 2.65. The largest absolute Gasteiger partial charge is 0.309 e. The van der Waals surface area contributed by atoms with E-state index in [0.717, 1.165) is 6.42 Å². The summed E-state index contributed by atoms with van der Waals surface area (Å²) in [5, 5.41) is 2.92. The summed E-state index contributed by atoms with van der Waals surface area (Å²) < 4.78 is 0. The lowest BCUT2D eigenvalue weighted by atomic mass is 9.99. The molecule has 3 heteroatoms. The SMILES string of the molecule is C=NC(=O)C(NC)C(C)CC. The van der Waals surface area contributed by atoms with Gasteiger partial charge in [0.2, 0.25) is 0 Å². The van der Waals surface area contributed by atoms with Crippen LogP contribution in [0.3, 0.4) is 0 Å². The van der Waals surface area contributed by atoms with Gasteiger partial charge < -0.3 is 5.32 Å². The van der Waals surface area contributed by atoms with Crippen molar-refractivity contribution in [3.05, 3.63) is 0 Å². The normalized spacial score (nSPS) is 15.5. The van der Waals surface area contributed by atoms with E-state index in [-0.39, 0.29) is 11.9 Å². The van der Waals surface area contributed by atoms with Crippen LogP contribution in [0.25, 0.3) is 0 Å². The zero-order chi connectivity index (χ0) is 8.85. The maximum atomic E-state index is 11.1. The first-order valence-electron chi connectivity index (χ1n) is 3.85. The summed E-state index contributed by atoms with van der Waals surface area (Å²) in [7, 11) is 1.76. The molecule has 11 heavy (non-hydrogen) atoms. The van der Waals surface area contributed by atoms with E-state index in [0.29, 0.717) is 5.92 Å². The molecule has 0 saturated carbocycles. The third-order valence-corrected chi connectivity index (χ3v) is 1.95. The molecule has 1 N–H and O–H groups in total. The van der Waals surface area contributed by atoms with Crippen molar-refractivity contribution in [3.63, 3.8) is 0 Å². The van der Waals surface area contributed by atoms with Crippen LogP contribution in [0.5, 0.6) is 0 Å². The first-order valence-corrected chi connectivity index (χ1v) is 3.85. The number of aliphatic imine (C=N–C) groups is 1. The summed E-state index contributed by atoms with van der Waals surface area (Å²) >= 11 is 0. The van der Waals surface area contributed by atoms with Gasteiger partial charge in [-0.1, -0.05) is 20.3 Å². The van der Waals surface area contributed by atoms with Gasteiger partial charge in [-0.15, -0.1) is 0 Å². The van der Waals surface area contributed by atoms with Gasteiger partial charge in [-0.3, -0.25) is 4.79 Å². The molecule has 0 aliphatic carbocycles. The zero-order valence-electron chi connectivity index (χ0n) is 7.42. The van der Waals surface area contributed by atoms with Crippen molar-refractivity contribution in [2.24, 2.45) is 10.9 Å². The Morgan fingerprint density at radius 3 is 2.55 bits per heavy atom. The van der Waals surface area contributed by atoms with Crippen LogP contribution in [0, 0.1) is 5.92 Å². The Morgan fingerprint density at radius 1 is 1.73 bits per heavy atom. The topological polar surface area (TPSA) is 41.5 Å². The van der Waals surface area contributed by atoms with Crippen LogP contribution in [0.1, 0.15) is 20.3 Å². The Bertz CT molecular complexity index is 145. The van der Waals surface area contributed by atoms with Crippen LogP contribution in [-0.4, -0.2) is 25.7 Å². The molecule has 1 amide bonds. The van der Waals surface area contributed by atoms with Crippen molar-refractivity contribution >= 4 is 12.6 Å². The van der Waals surface area contributed by atoms with Gasteiger partial charge in [0.15, 0.2) is 0 Å². The van der Waals surface area contributed by atoms with E-state index < -0.39 is 0 Å². The number of likely N-dealkylation sites (N-methyl/N-ethyl adjacent to an activating group) is 1. The lowest BCUT2D eigenvalue weighted by molar-refractivity contribution is -0.120. The molecule has 2 atom stereocenters. The molecule has 0 fully saturated rings. The molecule has 0 spiro atoms. The number of hydrogen-bond donors (Lipinski definition) is 1. The van der Waals surface area contributed by atoms with Crippen molar-refractivity contribution < 1.29 is 4.79 Å². The summed E-state index contributed by atoms with van der Waals surface area (Å²) in [6, 6.07) is -0.169. The lowest BCUT2D eigenvalue weighted by Crippen LogP contribution is -2.38. The van der Waals surface area contributed by atoms with E-state index in [9.17, 15) is 4.79 Å². The number of nitrogens with zero attached hydrogens (tertiary/aromatic N) is 1. The maximum absolute atomic E-state index is 11.1. The minimum Gasteiger partial charge on any atom is -0.309 e. The van der Waals surface area contributed by atoms with E-state index in [1.807, 2.05) is 13.8 Å². The quantitative estimate of drug-likeness (QED) is 0.613. The molecule has 0 bridgehead atoms. The van der Waals surface area contributed by atoms with Gasteiger partial charge in [0.25, 0.3) is 5.91 Å². The van der Waals surface area contributed by atoms with E-state index in [1.165, 1.54) is 0 Å². The zero-order valence-corrected chi connectivity index (χ0v) is 7.42. The van der Waals surface area contributed by atoms with Crippen molar-refractivity contribution in [2.75, 3.05) is 7.05 Å². The number of hydrogen-bond acceptors (Lipinski definition) is 2. The molecule has 0 aliphatic heterocycles. The van der Waals surface area contributed by atoms with E-state index in [4.69, 9.17) is 0 Å². The van der Waals surface area contributed by atoms with Crippen molar-refractivity contribution in [3.8, 4) is 0 Å². The minimum absolute atomic E-state index is 0.165. The standard InChI is InChI=1S/C8H16N2O/c1-5-6(2)7(9-3)8(11)10-4/h6-7,9H,4-5H2,1-3H3. The van der Waals surface area contributed by atoms with Gasteiger partial charge >= 0.3 is 0 Å². The van der Waals surface area contributed by atoms with Crippen LogP contribution in [0.2, 0.25) is 0 Å². The molecule has 0 radical (unpaired) electrons. The highest BCUT2D eigenvalue weighted by molar-refractivity contribution is 5.85. The Kier molecular flexibility index (Phi) is 4.70. The van der Waals surface area contributed by atoms with Crippen LogP contribution >= 0.6 is 0 Å². The second kappa shape index (κ2) is 5.02. The van der Waals surface area contributed by atoms with Gasteiger partial charge in [-0.25, -0.2) is 4.99 Å². The van der Waals surface area contributed by atoms with Gasteiger partial charge in [0, 0.05) is 0 Å². The number of carbonyl (C=O) groups is 1. The molecule has 64 valence electrons. The molecule has 0 aromatic heterocycles. The van der Waals surface area contributed by atoms with E-state index >= 15 is 0 Å². The summed E-state index contributed by atoms with van der Waals surface area (Å²) in [5.74, 6) is 0.153. The first kappa shape index (κ1) is 10.3. The highest BCUT2D eigenvalue weighted by Gasteiger charge is 2.20. The Labute approximate surface area is 67.9 Å². The fourth-order valence-electron chi connectivity index (χ4n) is 0.985. The Balaban J connectivity index is 4.14. The van der Waals surface area contributed by atoms with Gasteiger partial charge in [0.1, 0.15) is 0 Å². The van der Waals surface area contributed by atoms with Gasteiger partial charge in [-0.05, 0) is 19.7 Å². The Morgan fingerprint density at radius 2 is 2.27 bits per heavy atom. The van der Waals surface area contributed by atoms with Crippen LogP contribution in [0.4, 0.5) is 0 Å². The van der Waals surface area contributed by atoms with E-state index in [1.54, 1.807) is 7.05 Å². The van der Waals surface area contributed by atoms with E-state index in [2.05, 4.69) is 17.0 Å². The fraction of sp³-hybridized carbons (Fsp3) is 0.750. The molecule has 0 aromatic carbocycles. The average Bonchev–Trinajstić information content (AvgIpc) is 2.05. The molecular formula is C8H16N2O. The molecular weight excluding hydrogens is 140 g/mol. The van der Waals surface area contributed by atoms with Gasteiger partial charge in [0.05, 0.1) is 6.04 Å². The molecule has 0 heterocycles. The van der Waals surface area contributed by atoms with Crippen LogP contribution < -0.4 is 5.32 Å². The minimum atomic E-state index is -0.169. The lowest BCUT2D eigenvalue weighted by Gasteiger charge is -2.17. The second-order valence-electron chi connectivity index (χ2n) is 2.65. The maximum Gasteiger partial charge on any atom is 0.262 e. The third-order valence-electron chi connectivity index (χ3n) is 1.95. The molecule has 0 rings (SSSR count). The predicted molar refractivity (Wildman–Crippen MR) is 46.9 cm³/mol. The highest BCUT2D eigenvalue weighted by atomic mass is 16.1. The molecule has 0 saturated heterocycles. The summed E-state index contributed by atoms with van der Waals surface area (Å²) in [5.41, 5.74) is 0. The van der Waals surface area contributed by atoms with Crippen molar-refractivity contribution in [1.82, 2.24) is 5.32 Å². The Hall–Kier alpha value is -0.700. The van der Waals surface area contributed by atoms with Gasteiger partial charge in [-0.2, -0.15) is 0 Å². The monoisotopic (exact) mass is 156 g/mol. The molecule has 3 nitrogen and oxygen atoms in total. The first-order chi connectivity index (χ1) is 5.17. The van der Waals surface area contributed by atoms with Crippen molar-refractivity contribution in [2.45, 2.75) is 26.3 Å². The van der Waals surface area contributed by atoms with Crippen LogP contribution in [0.15, 0.2) is 4.99 Å². The summed E-state index contributed by atoms with van der Waals surface area (Å²) in [6.07, 6.45) is 0.965. The highest BCUT2D eigenvalue weighted by Crippen LogP contribution is 2.07. The summed E-state index contributed by atoms with van der Waals surface area (Å²) in [6.45, 7) is 7.27. The van der Waals surface area contributed by atoms with Crippen molar-refractivity contribution in [1.29, 1.82) is 0 Å². The number of nitrogens with one attached hydrogen (secondary N) is 1.